The van der Waals surface area contributed by atoms with E-state index in [4.69, 9.17) is 4.99 Å². The van der Waals surface area contributed by atoms with Crippen LogP contribution in [0.15, 0.2) is 41.5 Å². The van der Waals surface area contributed by atoms with Crippen molar-refractivity contribution in [3.63, 3.8) is 0 Å². The second kappa shape index (κ2) is 7.21. The van der Waals surface area contributed by atoms with Crippen molar-refractivity contribution in [1.29, 1.82) is 0 Å². The minimum Gasteiger partial charge on any atom is -0.299 e. The number of aliphatic imine (C=N–C) groups is 1. The Kier molecular flexibility index (Phi) is 4.62. The van der Waals surface area contributed by atoms with E-state index < -0.39 is 0 Å². The number of nitro benzene ring substituents is 1. The molecule has 0 atom stereocenters. The van der Waals surface area contributed by atoms with E-state index in [0.717, 1.165) is 55.9 Å². The summed E-state index contributed by atoms with van der Waals surface area (Å²) in [5.74, 6) is 0. The average molecular weight is 351 g/mol. The van der Waals surface area contributed by atoms with Gasteiger partial charge in [0.25, 0.3) is 5.69 Å². The first-order valence-electron chi connectivity index (χ1n) is 8.90. The highest BCUT2D eigenvalue weighted by Gasteiger charge is 2.20. The lowest BCUT2D eigenvalue weighted by atomic mass is 10.0. The molecular formula is C19H21N5O2. The molecule has 2 aromatic rings. The number of hydrogen-bond donors (Lipinski definition) is 1. The van der Waals surface area contributed by atoms with Gasteiger partial charge in [-0.1, -0.05) is 12.1 Å². The van der Waals surface area contributed by atoms with Gasteiger partial charge in [0.15, 0.2) is 0 Å². The van der Waals surface area contributed by atoms with Crippen molar-refractivity contribution < 1.29 is 4.92 Å². The highest BCUT2D eigenvalue weighted by atomic mass is 16.6. The molecule has 1 aliphatic heterocycles. The first-order chi connectivity index (χ1) is 12.7. The van der Waals surface area contributed by atoms with Crippen LogP contribution in [-0.4, -0.2) is 44.9 Å². The number of non-ortho nitro benzene ring substituents is 1. The van der Waals surface area contributed by atoms with Gasteiger partial charge in [0.2, 0.25) is 0 Å². The Labute approximate surface area is 151 Å². The summed E-state index contributed by atoms with van der Waals surface area (Å²) in [6.07, 6.45) is 8.95. The molecule has 134 valence electrons. The third kappa shape index (κ3) is 3.72. The Morgan fingerprint density at radius 2 is 2.00 bits per heavy atom. The Hall–Kier alpha value is -2.80. The molecule has 1 aromatic heterocycles. The highest BCUT2D eigenvalue weighted by molar-refractivity contribution is 6.02. The van der Waals surface area contributed by atoms with Crippen LogP contribution in [0.25, 0.3) is 6.08 Å². The summed E-state index contributed by atoms with van der Waals surface area (Å²) in [4.78, 5) is 17.7. The number of piperidine rings is 1. The highest BCUT2D eigenvalue weighted by Crippen LogP contribution is 2.20. The van der Waals surface area contributed by atoms with E-state index in [0.29, 0.717) is 6.04 Å². The molecule has 7 heteroatoms. The Bertz CT molecular complexity index is 845. The molecule has 2 aliphatic rings. The Balaban J connectivity index is 1.30. The van der Waals surface area contributed by atoms with Gasteiger partial charge in [0.05, 0.1) is 22.9 Å². The standard InChI is InChI=1S/C19H21N5O2/c25-24(26)18-4-1-14(2-5-18)13-23-9-7-16(8-10-23)21-17-3-6-19-15(11-17)12-20-22-19/h1-6,12,16H,7-11,13H2,(H,20,22). The molecule has 0 bridgehead atoms. The van der Waals surface area contributed by atoms with Crippen molar-refractivity contribution >= 4 is 17.5 Å². The minimum atomic E-state index is -0.360. The number of allylic oxidation sites excluding steroid dienone is 1. The molecule has 0 radical (unpaired) electrons. The SMILES string of the molecule is O=[N+]([O-])c1ccc(CN2CCC(N=C3C=Cc4[nH]ncc4C3)CC2)cc1. The second-order valence-electron chi connectivity index (χ2n) is 6.87. The van der Waals surface area contributed by atoms with Gasteiger partial charge in [-0.2, -0.15) is 5.10 Å². The van der Waals surface area contributed by atoms with Crippen molar-refractivity contribution in [1.82, 2.24) is 15.1 Å². The normalized spacial score (nSPS) is 19.6. The summed E-state index contributed by atoms with van der Waals surface area (Å²) in [7, 11) is 0. The van der Waals surface area contributed by atoms with Crippen LogP contribution in [0.3, 0.4) is 0 Å². The number of likely N-dealkylation sites (tertiary alicyclic amines) is 1. The first kappa shape index (κ1) is 16.7. The van der Waals surface area contributed by atoms with Crippen molar-refractivity contribution in [3.05, 3.63) is 63.5 Å². The molecule has 4 rings (SSSR count). The van der Waals surface area contributed by atoms with E-state index in [1.165, 1.54) is 5.56 Å². The summed E-state index contributed by atoms with van der Waals surface area (Å²) in [5.41, 5.74) is 4.68. The third-order valence-corrected chi connectivity index (χ3v) is 5.02. The smallest absolute Gasteiger partial charge is 0.269 e. The molecule has 1 fully saturated rings. The van der Waals surface area contributed by atoms with E-state index in [-0.39, 0.29) is 10.6 Å². The van der Waals surface area contributed by atoms with Crippen LogP contribution in [0.5, 0.6) is 0 Å². The maximum absolute atomic E-state index is 10.7. The van der Waals surface area contributed by atoms with Gasteiger partial charge in [0, 0.05) is 49.5 Å². The van der Waals surface area contributed by atoms with Crippen molar-refractivity contribution in [2.75, 3.05) is 13.1 Å². The maximum atomic E-state index is 10.7. The zero-order valence-electron chi connectivity index (χ0n) is 14.5. The van der Waals surface area contributed by atoms with Crippen molar-refractivity contribution in [3.8, 4) is 0 Å². The maximum Gasteiger partial charge on any atom is 0.269 e. The predicted octanol–water partition coefficient (Wildman–Crippen LogP) is 2.99. The molecule has 1 aliphatic carbocycles. The van der Waals surface area contributed by atoms with Gasteiger partial charge in [-0.3, -0.25) is 25.1 Å². The van der Waals surface area contributed by atoms with Crippen LogP contribution in [0, 0.1) is 10.1 Å². The Morgan fingerprint density at radius 1 is 1.23 bits per heavy atom. The number of fused-ring (bicyclic) bond motifs is 1. The summed E-state index contributed by atoms with van der Waals surface area (Å²) in [6, 6.07) is 7.22. The minimum absolute atomic E-state index is 0.143. The number of benzene rings is 1. The summed E-state index contributed by atoms with van der Waals surface area (Å²) < 4.78 is 0. The second-order valence-corrected chi connectivity index (χ2v) is 6.87. The van der Waals surface area contributed by atoms with Crippen molar-refractivity contribution in [2.24, 2.45) is 4.99 Å². The molecule has 0 spiro atoms. The number of nitrogens with one attached hydrogen (secondary N) is 1. The van der Waals surface area contributed by atoms with Crippen LogP contribution >= 0.6 is 0 Å². The van der Waals surface area contributed by atoms with Crippen molar-refractivity contribution in [2.45, 2.75) is 31.8 Å². The van der Waals surface area contributed by atoms with Gasteiger partial charge >= 0.3 is 0 Å². The van der Waals surface area contributed by atoms with Crippen LogP contribution in [-0.2, 0) is 13.0 Å². The lowest BCUT2D eigenvalue weighted by Gasteiger charge is -2.30. The number of aromatic amines is 1. The van der Waals surface area contributed by atoms with Crippen LogP contribution < -0.4 is 0 Å². The quantitative estimate of drug-likeness (QED) is 0.677. The van der Waals surface area contributed by atoms with Crippen LogP contribution in [0.2, 0.25) is 0 Å². The number of H-pyrrole nitrogens is 1. The molecule has 0 unspecified atom stereocenters. The third-order valence-electron chi connectivity index (χ3n) is 5.02. The largest absolute Gasteiger partial charge is 0.299 e. The monoisotopic (exact) mass is 351 g/mol. The fourth-order valence-corrected chi connectivity index (χ4v) is 3.55. The fraction of sp³-hybridized carbons (Fsp3) is 0.368. The molecular weight excluding hydrogens is 330 g/mol. The average Bonchev–Trinajstić information content (AvgIpc) is 3.12. The molecule has 0 amide bonds. The first-order valence-corrected chi connectivity index (χ1v) is 8.90. The Morgan fingerprint density at radius 3 is 2.73 bits per heavy atom. The van der Waals surface area contributed by atoms with E-state index in [9.17, 15) is 10.1 Å². The van der Waals surface area contributed by atoms with Gasteiger partial charge in [-0.05, 0) is 30.6 Å². The predicted molar refractivity (Wildman–Crippen MR) is 100 cm³/mol. The van der Waals surface area contributed by atoms with Gasteiger partial charge in [-0.15, -0.1) is 0 Å². The molecule has 1 N–H and O–H groups in total. The zero-order valence-corrected chi connectivity index (χ0v) is 14.5. The molecule has 0 saturated carbocycles. The van der Waals surface area contributed by atoms with Gasteiger partial charge in [0.1, 0.15) is 0 Å². The topological polar surface area (TPSA) is 87.4 Å². The van der Waals surface area contributed by atoms with E-state index in [1.807, 2.05) is 24.4 Å². The molecule has 26 heavy (non-hydrogen) atoms. The van der Waals surface area contributed by atoms with E-state index >= 15 is 0 Å². The molecule has 7 nitrogen and oxygen atoms in total. The van der Waals surface area contributed by atoms with Crippen LogP contribution in [0.1, 0.15) is 29.7 Å². The van der Waals surface area contributed by atoms with Crippen LogP contribution in [0.4, 0.5) is 5.69 Å². The van der Waals surface area contributed by atoms with Gasteiger partial charge < -0.3 is 0 Å². The number of rotatable bonds is 4. The lowest BCUT2D eigenvalue weighted by molar-refractivity contribution is -0.384. The number of hydrogen-bond acceptors (Lipinski definition) is 5. The van der Waals surface area contributed by atoms with E-state index in [1.54, 1.807) is 12.1 Å². The zero-order chi connectivity index (χ0) is 17.9. The van der Waals surface area contributed by atoms with E-state index in [2.05, 4.69) is 21.2 Å². The fourth-order valence-electron chi connectivity index (χ4n) is 3.55. The molecule has 1 saturated heterocycles. The molecule has 2 heterocycles. The number of aromatic nitrogens is 2. The number of nitro groups is 1. The lowest BCUT2D eigenvalue weighted by Crippen LogP contribution is -2.35. The molecule has 1 aromatic carbocycles. The summed E-state index contributed by atoms with van der Waals surface area (Å²) >= 11 is 0. The van der Waals surface area contributed by atoms with Gasteiger partial charge in [-0.25, -0.2) is 0 Å². The number of nitrogens with zero attached hydrogens (tertiary/aromatic N) is 4. The summed E-state index contributed by atoms with van der Waals surface area (Å²) in [5, 5.41) is 17.8. The summed E-state index contributed by atoms with van der Waals surface area (Å²) in [6.45, 7) is 2.83.